The minimum absolute atomic E-state index is 0. The van der Waals surface area contributed by atoms with E-state index >= 15 is 0 Å². The van der Waals surface area contributed by atoms with Gasteiger partial charge in [0, 0.05) is 18.2 Å². The fraction of sp³-hybridized carbons (Fsp3) is 0.350. The van der Waals surface area contributed by atoms with Gasteiger partial charge in [-0.05, 0) is 33.0 Å². The fourth-order valence-electron chi connectivity index (χ4n) is 3.48. The van der Waals surface area contributed by atoms with Gasteiger partial charge in [-0.15, -0.1) is 12.4 Å². The van der Waals surface area contributed by atoms with Crippen molar-refractivity contribution in [2.75, 3.05) is 20.2 Å². The Morgan fingerprint density at radius 2 is 2.10 bits per heavy atom. The van der Waals surface area contributed by atoms with Gasteiger partial charge in [-0.3, -0.25) is 4.79 Å². The predicted octanol–water partition coefficient (Wildman–Crippen LogP) is 3.31. The Labute approximate surface area is 184 Å². The molecule has 30 heavy (non-hydrogen) atoms. The number of carbonyl (C=O) groups is 1. The van der Waals surface area contributed by atoms with E-state index in [-0.39, 0.29) is 24.1 Å². The second kappa shape index (κ2) is 8.75. The number of hydrogen-bond acceptors (Lipinski definition) is 5. The zero-order valence-electron chi connectivity index (χ0n) is 16.8. The molecule has 2 aromatic heterocycles. The summed E-state index contributed by atoms with van der Waals surface area (Å²) < 4.78 is 21.0. The SMILES string of the molecule is CNCCOc1cc(F)ccc1C(=O)N1Cc2nn3c(C)c(Cl)c(C)nc3c2C1.Cl. The van der Waals surface area contributed by atoms with Crippen LogP contribution in [0.3, 0.4) is 0 Å². The Bertz CT molecular complexity index is 1120. The van der Waals surface area contributed by atoms with Crippen molar-refractivity contribution in [3.63, 3.8) is 0 Å². The molecule has 1 N–H and O–H groups in total. The highest BCUT2D eigenvalue weighted by Crippen LogP contribution is 2.31. The highest BCUT2D eigenvalue weighted by Gasteiger charge is 2.31. The average Bonchev–Trinajstić information content (AvgIpc) is 3.25. The van der Waals surface area contributed by atoms with E-state index in [9.17, 15) is 9.18 Å². The number of aryl methyl sites for hydroxylation is 2. The van der Waals surface area contributed by atoms with Gasteiger partial charge in [-0.25, -0.2) is 13.9 Å². The first-order valence-corrected chi connectivity index (χ1v) is 9.68. The maximum absolute atomic E-state index is 13.7. The minimum atomic E-state index is -0.449. The molecule has 0 aliphatic carbocycles. The summed E-state index contributed by atoms with van der Waals surface area (Å²) in [6, 6.07) is 3.97. The second-order valence-electron chi connectivity index (χ2n) is 7.01. The standard InChI is InChI=1S/C20H21ClFN5O2.ClH/c1-11-18(21)12(2)27-19(24-11)15-9-26(10-16(15)25-27)20(28)14-5-4-13(22)8-17(14)29-7-6-23-3;/h4-5,8,23H,6-7,9-10H2,1-3H3;1H. The number of rotatable bonds is 5. The van der Waals surface area contributed by atoms with Crippen LogP contribution in [0.2, 0.25) is 5.02 Å². The number of nitrogens with zero attached hydrogens (tertiary/aromatic N) is 4. The topological polar surface area (TPSA) is 71.8 Å². The van der Waals surface area contributed by atoms with Crippen LogP contribution in [0.1, 0.15) is 33.0 Å². The molecule has 160 valence electrons. The van der Waals surface area contributed by atoms with Crippen LogP contribution in [-0.2, 0) is 13.1 Å². The van der Waals surface area contributed by atoms with Gasteiger partial charge >= 0.3 is 0 Å². The summed E-state index contributed by atoms with van der Waals surface area (Å²) in [7, 11) is 1.79. The molecule has 0 bridgehead atoms. The molecule has 4 rings (SSSR count). The van der Waals surface area contributed by atoms with Crippen molar-refractivity contribution in [2.24, 2.45) is 0 Å². The number of hydrogen-bond donors (Lipinski definition) is 1. The first-order valence-electron chi connectivity index (χ1n) is 9.30. The third-order valence-electron chi connectivity index (χ3n) is 5.03. The Morgan fingerprint density at radius 3 is 2.83 bits per heavy atom. The molecule has 0 fully saturated rings. The lowest BCUT2D eigenvalue weighted by atomic mass is 10.1. The zero-order chi connectivity index (χ0) is 20.7. The summed E-state index contributed by atoms with van der Waals surface area (Å²) in [5.41, 5.74) is 4.27. The molecule has 0 unspecified atom stereocenters. The quantitative estimate of drug-likeness (QED) is 0.599. The van der Waals surface area contributed by atoms with Gasteiger partial charge < -0.3 is 15.0 Å². The van der Waals surface area contributed by atoms with E-state index in [1.807, 2.05) is 13.8 Å². The normalized spacial score (nSPS) is 12.8. The molecular weight excluding hydrogens is 432 g/mol. The third kappa shape index (κ3) is 3.82. The number of benzene rings is 1. The summed E-state index contributed by atoms with van der Waals surface area (Å²) in [5.74, 6) is -0.445. The van der Waals surface area contributed by atoms with Crippen LogP contribution in [0, 0.1) is 19.7 Å². The van der Waals surface area contributed by atoms with Gasteiger partial charge in [-0.2, -0.15) is 5.10 Å². The first kappa shape index (κ1) is 22.3. The van der Waals surface area contributed by atoms with Gasteiger partial charge in [0.05, 0.1) is 40.8 Å². The van der Waals surface area contributed by atoms with Gasteiger partial charge in [0.15, 0.2) is 5.65 Å². The van der Waals surface area contributed by atoms with Crippen molar-refractivity contribution in [3.05, 3.63) is 57.2 Å². The molecule has 1 amide bonds. The summed E-state index contributed by atoms with van der Waals surface area (Å²) in [4.78, 5) is 19.4. The number of ether oxygens (including phenoxy) is 1. The van der Waals surface area contributed by atoms with Crippen molar-refractivity contribution >= 4 is 35.6 Å². The van der Waals surface area contributed by atoms with Crippen LogP contribution < -0.4 is 10.1 Å². The van der Waals surface area contributed by atoms with Gasteiger partial charge in [-0.1, -0.05) is 11.6 Å². The molecule has 3 aromatic rings. The van der Waals surface area contributed by atoms with Gasteiger partial charge in [0.25, 0.3) is 5.91 Å². The fourth-order valence-corrected chi connectivity index (χ4v) is 3.60. The summed E-state index contributed by atoms with van der Waals surface area (Å²) in [6.07, 6.45) is 0. The van der Waals surface area contributed by atoms with Crippen LogP contribution in [0.5, 0.6) is 5.75 Å². The molecule has 0 saturated heterocycles. The molecule has 1 aliphatic rings. The molecule has 1 aliphatic heterocycles. The Morgan fingerprint density at radius 1 is 1.33 bits per heavy atom. The number of nitrogens with one attached hydrogen (secondary N) is 1. The lowest BCUT2D eigenvalue weighted by Crippen LogP contribution is -2.27. The molecule has 1 aromatic carbocycles. The Balaban J connectivity index is 0.00000256. The molecule has 0 saturated carbocycles. The van der Waals surface area contributed by atoms with E-state index in [0.717, 1.165) is 22.6 Å². The first-order chi connectivity index (χ1) is 13.9. The summed E-state index contributed by atoms with van der Waals surface area (Å²) in [6.45, 7) is 5.38. The minimum Gasteiger partial charge on any atom is -0.491 e. The largest absolute Gasteiger partial charge is 0.491 e. The number of carbonyl (C=O) groups excluding carboxylic acids is 1. The monoisotopic (exact) mass is 453 g/mol. The van der Waals surface area contributed by atoms with Crippen molar-refractivity contribution in [1.82, 2.24) is 24.8 Å². The lowest BCUT2D eigenvalue weighted by molar-refractivity contribution is 0.0745. The zero-order valence-corrected chi connectivity index (χ0v) is 18.4. The van der Waals surface area contributed by atoms with Crippen LogP contribution >= 0.6 is 24.0 Å². The third-order valence-corrected chi connectivity index (χ3v) is 5.57. The van der Waals surface area contributed by atoms with Crippen LogP contribution in [0.25, 0.3) is 5.65 Å². The highest BCUT2D eigenvalue weighted by atomic mass is 35.5. The average molecular weight is 454 g/mol. The van der Waals surface area contributed by atoms with Crippen LogP contribution in [0.4, 0.5) is 4.39 Å². The summed E-state index contributed by atoms with van der Waals surface area (Å²) in [5, 5.41) is 8.13. The van der Waals surface area contributed by atoms with Gasteiger partial charge in [0.2, 0.25) is 0 Å². The van der Waals surface area contributed by atoms with Crippen molar-refractivity contribution in [2.45, 2.75) is 26.9 Å². The Kier molecular flexibility index (Phi) is 6.50. The molecular formula is C20H22Cl2FN5O2. The van der Waals surface area contributed by atoms with E-state index in [4.69, 9.17) is 16.3 Å². The number of aromatic nitrogens is 3. The molecule has 7 nitrogen and oxygen atoms in total. The van der Waals surface area contributed by atoms with Gasteiger partial charge in [0.1, 0.15) is 18.2 Å². The van der Waals surface area contributed by atoms with E-state index in [1.165, 1.54) is 18.2 Å². The highest BCUT2D eigenvalue weighted by molar-refractivity contribution is 6.31. The van der Waals surface area contributed by atoms with Crippen LogP contribution in [-0.4, -0.2) is 45.6 Å². The number of likely N-dealkylation sites (N-methyl/N-ethyl adjacent to an activating group) is 1. The Hall–Kier alpha value is -2.42. The smallest absolute Gasteiger partial charge is 0.258 e. The van der Waals surface area contributed by atoms with Crippen molar-refractivity contribution < 1.29 is 13.9 Å². The van der Waals surface area contributed by atoms with E-state index in [1.54, 1.807) is 16.5 Å². The second-order valence-corrected chi connectivity index (χ2v) is 7.39. The molecule has 0 radical (unpaired) electrons. The number of amides is 1. The molecule has 0 atom stereocenters. The summed E-state index contributed by atoms with van der Waals surface area (Å²) >= 11 is 6.28. The maximum atomic E-state index is 13.7. The lowest BCUT2D eigenvalue weighted by Gasteiger charge is -2.18. The van der Waals surface area contributed by atoms with Crippen LogP contribution in [0.15, 0.2) is 18.2 Å². The van der Waals surface area contributed by atoms with Crippen molar-refractivity contribution in [1.29, 1.82) is 0 Å². The van der Waals surface area contributed by atoms with E-state index in [2.05, 4.69) is 15.4 Å². The van der Waals surface area contributed by atoms with E-state index in [0.29, 0.717) is 42.5 Å². The number of halogens is 3. The molecule has 0 spiro atoms. The maximum Gasteiger partial charge on any atom is 0.258 e. The molecule has 10 heteroatoms. The molecule has 3 heterocycles. The van der Waals surface area contributed by atoms with Crippen molar-refractivity contribution in [3.8, 4) is 5.75 Å². The number of fused-ring (bicyclic) bond motifs is 3. The van der Waals surface area contributed by atoms with E-state index < -0.39 is 5.82 Å². The predicted molar refractivity (Wildman–Crippen MR) is 114 cm³/mol.